The van der Waals surface area contributed by atoms with Crippen LogP contribution in [-0.4, -0.2) is 37.1 Å². The molecule has 0 radical (unpaired) electrons. The first-order valence-electron chi connectivity index (χ1n) is 10.2. The number of rotatable bonds is 6. The zero-order valence-electron chi connectivity index (χ0n) is 17.9. The van der Waals surface area contributed by atoms with Crippen molar-refractivity contribution in [3.63, 3.8) is 0 Å². The van der Waals surface area contributed by atoms with Crippen LogP contribution < -0.4 is 5.56 Å². The zero-order valence-corrected chi connectivity index (χ0v) is 19.5. The van der Waals surface area contributed by atoms with E-state index in [2.05, 4.69) is 28.9 Å². The summed E-state index contributed by atoms with van der Waals surface area (Å²) in [5.41, 5.74) is 1.19. The van der Waals surface area contributed by atoms with Crippen LogP contribution in [0.2, 0.25) is 5.02 Å². The van der Waals surface area contributed by atoms with Crippen molar-refractivity contribution in [1.29, 1.82) is 0 Å². The molecule has 162 valence electrons. The number of benzene rings is 1. The fourth-order valence-electron chi connectivity index (χ4n) is 3.59. The number of nitrogens with one attached hydrogen (secondary N) is 1. The fraction of sp³-hybridized carbons (Fsp3) is 0.364. The molecule has 4 rings (SSSR count). The Morgan fingerprint density at radius 1 is 1.29 bits per heavy atom. The lowest BCUT2D eigenvalue weighted by Gasteiger charge is -2.19. The molecule has 1 amide bonds. The average Bonchev–Trinajstić information content (AvgIpc) is 3.26. The Labute approximate surface area is 188 Å². The minimum Gasteiger partial charge on any atom is -0.331 e. The standard InChI is InChI=1S/C22H24ClN5O2S/c1-5-27(11-19-24-17-8-14(23)6-7-15(17)20(29)25-19)21(30)18-9-16-13(4)26-28(10-12(2)3)22(16)31-18/h6-9,12H,5,10-11H2,1-4H3,(H,24,25,29). The number of carbonyl (C=O) groups is 1. The number of carbonyl (C=O) groups excluding carboxylic acids is 1. The van der Waals surface area contributed by atoms with Crippen LogP contribution >= 0.6 is 22.9 Å². The normalized spacial score (nSPS) is 11.7. The summed E-state index contributed by atoms with van der Waals surface area (Å²) in [6.45, 7) is 9.66. The van der Waals surface area contributed by atoms with Crippen LogP contribution in [-0.2, 0) is 13.1 Å². The number of aromatic amines is 1. The first-order chi connectivity index (χ1) is 14.8. The summed E-state index contributed by atoms with van der Waals surface area (Å²) in [6, 6.07) is 6.88. The summed E-state index contributed by atoms with van der Waals surface area (Å²) < 4.78 is 1.99. The van der Waals surface area contributed by atoms with Gasteiger partial charge < -0.3 is 9.88 Å². The predicted molar refractivity (Wildman–Crippen MR) is 125 cm³/mol. The Kier molecular flexibility index (Phi) is 5.85. The maximum atomic E-state index is 13.3. The third kappa shape index (κ3) is 4.22. The molecule has 31 heavy (non-hydrogen) atoms. The monoisotopic (exact) mass is 457 g/mol. The van der Waals surface area contributed by atoms with E-state index in [-0.39, 0.29) is 18.0 Å². The van der Waals surface area contributed by atoms with Crippen molar-refractivity contribution in [3.05, 3.63) is 56.0 Å². The van der Waals surface area contributed by atoms with Gasteiger partial charge in [0, 0.05) is 23.5 Å². The number of fused-ring (bicyclic) bond motifs is 2. The Bertz CT molecular complexity index is 1340. The van der Waals surface area contributed by atoms with Gasteiger partial charge in [-0.1, -0.05) is 25.4 Å². The first kappa shape index (κ1) is 21.5. The van der Waals surface area contributed by atoms with Gasteiger partial charge in [0.1, 0.15) is 10.7 Å². The molecule has 0 atom stereocenters. The lowest BCUT2D eigenvalue weighted by atomic mass is 10.2. The van der Waals surface area contributed by atoms with Crippen molar-refractivity contribution in [1.82, 2.24) is 24.6 Å². The molecule has 3 heterocycles. The summed E-state index contributed by atoms with van der Waals surface area (Å²) in [6.07, 6.45) is 0. The van der Waals surface area contributed by atoms with Crippen molar-refractivity contribution in [2.24, 2.45) is 5.92 Å². The van der Waals surface area contributed by atoms with Crippen LogP contribution in [0.1, 0.15) is 42.0 Å². The molecule has 7 nitrogen and oxygen atoms in total. The van der Waals surface area contributed by atoms with Gasteiger partial charge in [-0.25, -0.2) is 4.98 Å². The van der Waals surface area contributed by atoms with E-state index in [9.17, 15) is 9.59 Å². The lowest BCUT2D eigenvalue weighted by molar-refractivity contribution is 0.0753. The summed E-state index contributed by atoms with van der Waals surface area (Å²) in [7, 11) is 0. The van der Waals surface area contributed by atoms with E-state index < -0.39 is 0 Å². The van der Waals surface area contributed by atoms with Gasteiger partial charge in [0.15, 0.2) is 0 Å². The molecule has 0 aliphatic carbocycles. The Balaban J connectivity index is 1.64. The molecular formula is C22H24ClN5O2S. The van der Waals surface area contributed by atoms with Crippen LogP contribution in [0, 0.1) is 12.8 Å². The molecule has 1 N–H and O–H groups in total. The number of H-pyrrole nitrogens is 1. The predicted octanol–water partition coefficient (Wildman–Crippen LogP) is 4.61. The molecule has 0 saturated heterocycles. The second-order valence-electron chi connectivity index (χ2n) is 7.98. The molecular weight excluding hydrogens is 434 g/mol. The molecule has 0 saturated carbocycles. The quantitative estimate of drug-likeness (QED) is 0.458. The molecule has 0 aliphatic rings. The highest BCUT2D eigenvalue weighted by Gasteiger charge is 2.21. The number of amides is 1. The highest BCUT2D eigenvalue weighted by molar-refractivity contribution is 7.20. The minimum atomic E-state index is -0.244. The van der Waals surface area contributed by atoms with Crippen LogP contribution in [0.15, 0.2) is 29.1 Å². The van der Waals surface area contributed by atoms with Crippen LogP contribution in [0.4, 0.5) is 0 Å². The van der Waals surface area contributed by atoms with E-state index in [1.165, 1.54) is 11.3 Å². The molecule has 0 bridgehead atoms. The largest absolute Gasteiger partial charge is 0.331 e. The average molecular weight is 458 g/mol. The Morgan fingerprint density at radius 2 is 2.06 bits per heavy atom. The third-order valence-electron chi connectivity index (χ3n) is 5.08. The maximum absolute atomic E-state index is 13.3. The molecule has 4 aromatic rings. The van der Waals surface area contributed by atoms with Gasteiger partial charge in [0.2, 0.25) is 0 Å². The van der Waals surface area contributed by atoms with Gasteiger partial charge >= 0.3 is 0 Å². The van der Waals surface area contributed by atoms with E-state index in [0.29, 0.717) is 39.1 Å². The Morgan fingerprint density at radius 3 is 2.77 bits per heavy atom. The molecule has 3 aromatic heterocycles. The molecule has 0 aliphatic heterocycles. The van der Waals surface area contributed by atoms with E-state index >= 15 is 0 Å². The third-order valence-corrected chi connectivity index (χ3v) is 6.45. The summed E-state index contributed by atoms with van der Waals surface area (Å²) in [5.74, 6) is 0.798. The van der Waals surface area contributed by atoms with E-state index in [1.807, 2.05) is 24.6 Å². The summed E-state index contributed by atoms with van der Waals surface area (Å²) >= 11 is 7.51. The highest BCUT2D eigenvalue weighted by Crippen LogP contribution is 2.30. The molecule has 0 spiro atoms. The van der Waals surface area contributed by atoms with Crippen molar-refractivity contribution in [2.75, 3.05) is 6.54 Å². The summed E-state index contributed by atoms with van der Waals surface area (Å²) in [5, 5.41) is 6.60. The maximum Gasteiger partial charge on any atom is 0.264 e. The topological polar surface area (TPSA) is 83.9 Å². The van der Waals surface area contributed by atoms with Gasteiger partial charge in [-0.2, -0.15) is 5.10 Å². The van der Waals surface area contributed by atoms with E-state index in [0.717, 1.165) is 22.5 Å². The van der Waals surface area contributed by atoms with E-state index in [1.54, 1.807) is 23.1 Å². The molecule has 0 fully saturated rings. The van der Waals surface area contributed by atoms with Crippen molar-refractivity contribution in [2.45, 2.75) is 40.8 Å². The number of thiophene rings is 1. The second kappa shape index (κ2) is 8.43. The van der Waals surface area contributed by atoms with Gasteiger partial charge in [0.25, 0.3) is 11.5 Å². The van der Waals surface area contributed by atoms with Crippen LogP contribution in [0.3, 0.4) is 0 Å². The number of halogens is 1. The van der Waals surface area contributed by atoms with Gasteiger partial charge in [-0.05, 0) is 44.0 Å². The fourth-order valence-corrected chi connectivity index (χ4v) is 4.89. The second-order valence-corrected chi connectivity index (χ2v) is 9.45. The number of hydrogen-bond donors (Lipinski definition) is 1. The minimum absolute atomic E-state index is 0.0898. The van der Waals surface area contributed by atoms with Gasteiger partial charge in [-0.15, -0.1) is 11.3 Å². The lowest BCUT2D eigenvalue weighted by Crippen LogP contribution is -2.31. The number of nitrogens with zero attached hydrogens (tertiary/aromatic N) is 4. The smallest absolute Gasteiger partial charge is 0.264 e. The van der Waals surface area contributed by atoms with E-state index in [4.69, 9.17) is 11.6 Å². The number of aromatic nitrogens is 4. The van der Waals surface area contributed by atoms with Gasteiger partial charge in [0.05, 0.1) is 28.0 Å². The van der Waals surface area contributed by atoms with Crippen molar-refractivity contribution < 1.29 is 4.79 Å². The number of hydrogen-bond acceptors (Lipinski definition) is 5. The first-order valence-corrected chi connectivity index (χ1v) is 11.4. The summed E-state index contributed by atoms with van der Waals surface area (Å²) in [4.78, 5) is 36.3. The Hall–Kier alpha value is -2.71. The van der Waals surface area contributed by atoms with Crippen molar-refractivity contribution >= 4 is 50.0 Å². The van der Waals surface area contributed by atoms with Crippen molar-refractivity contribution in [3.8, 4) is 0 Å². The molecule has 0 unspecified atom stereocenters. The van der Waals surface area contributed by atoms with Crippen LogP contribution in [0.5, 0.6) is 0 Å². The molecule has 9 heteroatoms. The number of aryl methyl sites for hydroxylation is 1. The van der Waals surface area contributed by atoms with Gasteiger partial charge in [-0.3, -0.25) is 14.3 Å². The van der Waals surface area contributed by atoms with Crippen LogP contribution in [0.25, 0.3) is 21.1 Å². The SMILES string of the molecule is CCN(Cc1nc2cc(Cl)ccc2c(=O)[nH]1)C(=O)c1cc2c(C)nn(CC(C)C)c2s1. The zero-order chi connectivity index (χ0) is 22.3. The molecule has 1 aromatic carbocycles. The highest BCUT2D eigenvalue weighted by atomic mass is 35.5.